The molecule has 0 bridgehead atoms. The number of benzene rings is 1. The van der Waals surface area contributed by atoms with Gasteiger partial charge in [-0.3, -0.25) is 0 Å². The van der Waals surface area contributed by atoms with Gasteiger partial charge in [-0.1, -0.05) is 27.5 Å². The molecular formula is C15H17BrClNOS. The van der Waals surface area contributed by atoms with Crippen LogP contribution < -0.4 is 10.5 Å². The van der Waals surface area contributed by atoms with E-state index >= 15 is 0 Å². The largest absolute Gasteiger partial charge is 0.488 e. The minimum atomic E-state index is 0.0993. The van der Waals surface area contributed by atoms with Crippen molar-refractivity contribution in [2.24, 2.45) is 5.73 Å². The lowest BCUT2D eigenvalue weighted by molar-refractivity contribution is 0.303. The number of halogens is 2. The van der Waals surface area contributed by atoms with Crippen molar-refractivity contribution in [1.29, 1.82) is 0 Å². The van der Waals surface area contributed by atoms with E-state index in [1.807, 2.05) is 26.0 Å². The first-order valence-corrected chi connectivity index (χ1v) is 8.36. The van der Waals surface area contributed by atoms with Gasteiger partial charge in [0.2, 0.25) is 0 Å². The van der Waals surface area contributed by atoms with Crippen LogP contribution in [0.3, 0.4) is 0 Å². The highest BCUT2D eigenvalue weighted by Gasteiger charge is 2.11. The fourth-order valence-electron chi connectivity index (χ4n) is 2.08. The molecule has 2 rings (SSSR count). The first-order chi connectivity index (χ1) is 9.45. The number of aryl methyl sites for hydroxylation is 1. The molecular weight excluding hydrogens is 358 g/mol. The molecule has 5 heteroatoms. The lowest BCUT2D eigenvalue weighted by atomic mass is 10.0. The molecule has 2 nitrogen and oxygen atoms in total. The number of nitrogens with two attached hydrogens (primary N) is 1. The van der Waals surface area contributed by atoms with Crippen molar-refractivity contribution in [3.05, 3.63) is 49.1 Å². The molecule has 1 unspecified atom stereocenters. The summed E-state index contributed by atoms with van der Waals surface area (Å²) in [4.78, 5) is 1.11. The van der Waals surface area contributed by atoms with E-state index in [2.05, 4.69) is 28.1 Å². The Morgan fingerprint density at radius 3 is 2.75 bits per heavy atom. The minimum Gasteiger partial charge on any atom is -0.488 e. The van der Waals surface area contributed by atoms with Gasteiger partial charge < -0.3 is 10.5 Å². The minimum absolute atomic E-state index is 0.0993. The highest BCUT2D eigenvalue weighted by Crippen LogP contribution is 2.31. The van der Waals surface area contributed by atoms with Crippen LogP contribution in [0.4, 0.5) is 0 Å². The second kappa shape index (κ2) is 6.94. The molecule has 2 N–H and O–H groups in total. The third-order valence-electron chi connectivity index (χ3n) is 2.85. The van der Waals surface area contributed by atoms with E-state index in [0.29, 0.717) is 6.61 Å². The standard InChI is InChI=1S/C15H17BrClNOS/c1-9-5-12(16)7-11(6-10(2)18)15(9)19-8-13-3-4-14(17)20-13/h3-5,7,10H,6,8,18H2,1-2H3. The summed E-state index contributed by atoms with van der Waals surface area (Å²) in [5.74, 6) is 0.926. The van der Waals surface area contributed by atoms with Crippen LogP contribution in [0.25, 0.3) is 0 Å². The molecule has 1 aromatic carbocycles. The summed E-state index contributed by atoms with van der Waals surface area (Å²) in [6, 6.07) is 8.12. The Kier molecular flexibility index (Phi) is 5.49. The first-order valence-electron chi connectivity index (χ1n) is 6.37. The zero-order chi connectivity index (χ0) is 14.7. The molecule has 0 saturated heterocycles. The molecule has 0 aliphatic carbocycles. The van der Waals surface area contributed by atoms with E-state index in [0.717, 1.165) is 37.0 Å². The predicted molar refractivity (Wildman–Crippen MR) is 89.9 cm³/mol. The van der Waals surface area contributed by atoms with Crippen molar-refractivity contribution < 1.29 is 4.74 Å². The van der Waals surface area contributed by atoms with Crippen LogP contribution in [0.1, 0.15) is 22.9 Å². The van der Waals surface area contributed by atoms with E-state index in [9.17, 15) is 0 Å². The highest BCUT2D eigenvalue weighted by molar-refractivity contribution is 9.10. The molecule has 1 atom stereocenters. The van der Waals surface area contributed by atoms with Gasteiger partial charge in [0.1, 0.15) is 12.4 Å². The molecule has 0 aliphatic heterocycles. The quantitative estimate of drug-likeness (QED) is 0.804. The number of hydrogen-bond acceptors (Lipinski definition) is 3. The molecule has 0 saturated carbocycles. The maximum absolute atomic E-state index is 6.00. The van der Waals surface area contributed by atoms with Gasteiger partial charge in [-0.25, -0.2) is 0 Å². The zero-order valence-electron chi connectivity index (χ0n) is 11.5. The lowest BCUT2D eigenvalue weighted by Gasteiger charge is -2.16. The smallest absolute Gasteiger partial charge is 0.126 e. The number of hydrogen-bond donors (Lipinski definition) is 1. The summed E-state index contributed by atoms with van der Waals surface area (Å²) in [6.07, 6.45) is 0.792. The summed E-state index contributed by atoms with van der Waals surface area (Å²) in [7, 11) is 0. The van der Waals surface area contributed by atoms with Gasteiger partial charge in [-0.05, 0) is 55.7 Å². The van der Waals surface area contributed by atoms with Crippen LogP contribution in [-0.4, -0.2) is 6.04 Å². The fourth-order valence-corrected chi connectivity index (χ4v) is 3.70. The third-order valence-corrected chi connectivity index (χ3v) is 4.51. The van der Waals surface area contributed by atoms with Crippen molar-refractivity contribution in [3.8, 4) is 5.75 Å². The van der Waals surface area contributed by atoms with Gasteiger partial charge >= 0.3 is 0 Å². The third kappa shape index (κ3) is 4.22. The van der Waals surface area contributed by atoms with Crippen LogP contribution in [-0.2, 0) is 13.0 Å². The van der Waals surface area contributed by atoms with Crippen molar-refractivity contribution in [2.75, 3.05) is 0 Å². The van der Waals surface area contributed by atoms with E-state index < -0.39 is 0 Å². The van der Waals surface area contributed by atoms with Gasteiger partial charge in [-0.2, -0.15) is 0 Å². The van der Waals surface area contributed by atoms with Crippen LogP contribution in [0, 0.1) is 6.92 Å². The fraction of sp³-hybridized carbons (Fsp3) is 0.333. The molecule has 0 aliphatic rings. The van der Waals surface area contributed by atoms with Gasteiger partial charge in [0, 0.05) is 15.4 Å². The molecule has 108 valence electrons. The second-order valence-corrected chi connectivity index (χ2v) is 7.60. The van der Waals surface area contributed by atoms with Crippen molar-refractivity contribution in [3.63, 3.8) is 0 Å². The average molecular weight is 375 g/mol. The molecule has 2 aromatic rings. The summed E-state index contributed by atoms with van der Waals surface area (Å²) >= 11 is 11.0. The Bertz CT molecular complexity index is 598. The van der Waals surface area contributed by atoms with Crippen LogP contribution >= 0.6 is 38.9 Å². The van der Waals surface area contributed by atoms with Crippen LogP contribution in [0.2, 0.25) is 4.34 Å². The Balaban J connectivity index is 2.20. The van der Waals surface area contributed by atoms with Crippen molar-refractivity contribution in [1.82, 2.24) is 0 Å². The summed E-state index contributed by atoms with van der Waals surface area (Å²) < 4.78 is 7.84. The Morgan fingerprint density at radius 1 is 1.40 bits per heavy atom. The van der Waals surface area contributed by atoms with E-state index in [4.69, 9.17) is 22.1 Å². The number of ether oxygens (including phenoxy) is 1. The van der Waals surface area contributed by atoms with E-state index in [1.165, 1.54) is 0 Å². The maximum Gasteiger partial charge on any atom is 0.126 e. The average Bonchev–Trinajstić information content (AvgIpc) is 2.73. The van der Waals surface area contributed by atoms with Gasteiger partial charge in [0.15, 0.2) is 0 Å². The van der Waals surface area contributed by atoms with Gasteiger partial charge in [-0.15, -0.1) is 11.3 Å². The SMILES string of the molecule is Cc1cc(Br)cc(CC(C)N)c1OCc1ccc(Cl)s1. The van der Waals surface area contributed by atoms with Crippen LogP contribution in [0.5, 0.6) is 5.75 Å². The monoisotopic (exact) mass is 373 g/mol. The first kappa shape index (κ1) is 15.8. The van der Waals surface area contributed by atoms with Crippen LogP contribution in [0.15, 0.2) is 28.7 Å². The van der Waals surface area contributed by atoms with Gasteiger partial charge in [0.05, 0.1) is 4.34 Å². The molecule has 1 aromatic heterocycles. The molecule has 0 spiro atoms. The molecule has 1 heterocycles. The van der Waals surface area contributed by atoms with E-state index in [-0.39, 0.29) is 6.04 Å². The summed E-state index contributed by atoms with van der Waals surface area (Å²) in [5, 5.41) is 0. The normalized spacial score (nSPS) is 12.4. The van der Waals surface area contributed by atoms with E-state index in [1.54, 1.807) is 11.3 Å². The zero-order valence-corrected chi connectivity index (χ0v) is 14.6. The maximum atomic E-state index is 6.00. The summed E-state index contributed by atoms with van der Waals surface area (Å²) in [6.45, 7) is 4.58. The molecule has 20 heavy (non-hydrogen) atoms. The Labute approximate surface area is 137 Å². The summed E-state index contributed by atoms with van der Waals surface area (Å²) in [5.41, 5.74) is 8.16. The molecule has 0 radical (unpaired) electrons. The van der Waals surface area contributed by atoms with Crippen molar-refractivity contribution in [2.45, 2.75) is 32.9 Å². The van der Waals surface area contributed by atoms with Gasteiger partial charge in [0.25, 0.3) is 0 Å². The molecule has 0 amide bonds. The predicted octanol–water partition coefficient (Wildman–Crippen LogP) is 4.94. The lowest BCUT2D eigenvalue weighted by Crippen LogP contribution is -2.18. The number of rotatable bonds is 5. The molecule has 0 fully saturated rings. The Hall–Kier alpha value is -0.550. The second-order valence-electron chi connectivity index (χ2n) is 4.89. The topological polar surface area (TPSA) is 35.2 Å². The highest BCUT2D eigenvalue weighted by atomic mass is 79.9. The number of thiophene rings is 1. The Morgan fingerprint density at radius 2 is 2.15 bits per heavy atom. The van der Waals surface area contributed by atoms with Crippen molar-refractivity contribution >= 4 is 38.9 Å².